The second kappa shape index (κ2) is 8.66. The number of rotatable bonds is 6. The lowest BCUT2D eigenvalue weighted by Gasteiger charge is -2.15. The number of esters is 1. The number of hydrogen-bond donors (Lipinski definition) is 2. The van der Waals surface area contributed by atoms with Gasteiger partial charge in [0.2, 0.25) is 5.89 Å². The van der Waals surface area contributed by atoms with Crippen LogP contribution in [0.4, 0.5) is 10.5 Å². The monoisotopic (exact) mass is 380 g/mol. The molecule has 1 aromatic heterocycles. The molecule has 1 aromatic carbocycles. The van der Waals surface area contributed by atoms with Gasteiger partial charge in [0, 0.05) is 0 Å². The third kappa shape index (κ3) is 5.19. The third-order valence-electron chi connectivity index (χ3n) is 3.35. The van der Waals surface area contributed by atoms with E-state index >= 15 is 0 Å². The predicted molar refractivity (Wildman–Crippen MR) is 96.2 cm³/mol. The fraction of sp³-hybridized carbons (Fsp3) is 0.412. The lowest BCUT2D eigenvalue weighted by Crippen LogP contribution is -2.32. The van der Waals surface area contributed by atoms with Crippen molar-refractivity contribution in [3.63, 3.8) is 0 Å². The molecule has 0 unspecified atom stereocenters. The Hall–Kier alpha value is -2.61. The molecule has 140 valence electrons. The molecule has 1 heterocycles. The van der Waals surface area contributed by atoms with Gasteiger partial charge < -0.3 is 19.9 Å². The molecule has 0 spiro atoms. The Morgan fingerprint density at radius 2 is 2.08 bits per heavy atom. The van der Waals surface area contributed by atoms with Gasteiger partial charge in [-0.3, -0.25) is 0 Å². The van der Waals surface area contributed by atoms with Crippen molar-refractivity contribution in [2.24, 2.45) is 0 Å². The largest absolute Gasteiger partial charge is 0.459 e. The Morgan fingerprint density at radius 3 is 2.65 bits per heavy atom. The molecule has 2 rings (SSSR count). The van der Waals surface area contributed by atoms with E-state index in [-0.39, 0.29) is 11.7 Å². The number of nitrogens with one attached hydrogen (secondary N) is 2. The second-order valence-electron chi connectivity index (χ2n) is 5.89. The number of amides is 2. The molecule has 2 aromatic rings. The van der Waals surface area contributed by atoms with Crippen LogP contribution >= 0.6 is 11.6 Å². The molecule has 0 bridgehead atoms. The highest BCUT2D eigenvalue weighted by Crippen LogP contribution is 2.24. The van der Waals surface area contributed by atoms with Gasteiger partial charge in [-0.1, -0.05) is 23.7 Å². The summed E-state index contributed by atoms with van der Waals surface area (Å²) in [6.07, 6.45) is 0.310. The molecule has 0 aliphatic heterocycles. The summed E-state index contributed by atoms with van der Waals surface area (Å²) >= 11 is 6.11. The molecule has 0 aliphatic rings. The molecular weight excluding hydrogens is 360 g/mol. The highest BCUT2D eigenvalue weighted by atomic mass is 35.5. The molecule has 2 amide bonds. The Kier molecular flexibility index (Phi) is 6.57. The molecule has 0 radical (unpaired) electrons. The summed E-state index contributed by atoms with van der Waals surface area (Å²) in [6.45, 7) is 7.08. The molecule has 9 heteroatoms. The minimum atomic E-state index is -0.510. The summed E-state index contributed by atoms with van der Waals surface area (Å²) in [5, 5.41) is 9.36. The topological polar surface area (TPSA) is 106 Å². The van der Waals surface area contributed by atoms with Crippen LogP contribution in [0.2, 0.25) is 5.02 Å². The maximum atomic E-state index is 12.3. The fourth-order valence-electron chi connectivity index (χ4n) is 2.14. The number of carbonyl (C=O) groups excluding carboxylic acids is 2. The van der Waals surface area contributed by atoms with Crippen LogP contribution in [0.5, 0.6) is 0 Å². The number of ether oxygens (including phenoxy) is 1. The quantitative estimate of drug-likeness (QED) is 0.737. The Morgan fingerprint density at radius 1 is 1.35 bits per heavy atom. The standard InChI is InChI=1S/C17H21ClN4O4/c1-5-13(15-19-10(4)22-26-15)20-17(24)21-14-8-11(6-7-12(14)18)16(23)25-9(2)3/h6-9,13H,5H2,1-4H3,(H2,20,21,24)/t13-/m1/s1. The summed E-state index contributed by atoms with van der Waals surface area (Å²) in [7, 11) is 0. The van der Waals surface area contributed by atoms with Crippen molar-refractivity contribution in [2.75, 3.05) is 5.32 Å². The van der Waals surface area contributed by atoms with Gasteiger partial charge in [-0.2, -0.15) is 4.98 Å². The zero-order valence-corrected chi connectivity index (χ0v) is 15.8. The van der Waals surface area contributed by atoms with Crippen LogP contribution in [0.15, 0.2) is 22.7 Å². The van der Waals surface area contributed by atoms with Crippen molar-refractivity contribution < 1.29 is 18.8 Å². The van der Waals surface area contributed by atoms with E-state index in [2.05, 4.69) is 20.8 Å². The molecular formula is C17H21ClN4O4. The number of benzene rings is 1. The molecule has 2 N–H and O–H groups in total. The minimum absolute atomic E-state index is 0.249. The van der Waals surface area contributed by atoms with Crippen LogP contribution in [0.25, 0.3) is 0 Å². The maximum Gasteiger partial charge on any atom is 0.338 e. The van der Waals surface area contributed by atoms with Gasteiger partial charge in [0.05, 0.1) is 22.4 Å². The zero-order chi connectivity index (χ0) is 19.3. The SMILES string of the molecule is CC[C@@H](NC(=O)Nc1cc(C(=O)OC(C)C)ccc1Cl)c1nc(C)no1. The minimum Gasteiger partial charge on any atom is -0.459 e. The van der Waals surface area contributed by atoms with Crippen LogP contribution in [0.3, 0.4) is 0 Å². The molecule has 0 saturated heterocycles. The number of urea groups is 1. The van der Waals surface area contributed by atoms with E-state index in [0.717, 1.165) is 0 Å². The average molecular weight is 381 g/mol. The van der Waals surface area contributed by atoms with Gasteiger partial charge in [-0.05, 0) is 45.4 Å². The van der Waals surface area contributed by atoms with Crippen molar-refractivity contribution in [3.05, 3.63) is 40.5 Å². The number of hydrogen-bond acceptors (Lipinski definition) is 6. The number of anilines is 1. The summed E-state index contributed by atoms with van der Waals surface area (Å²) < 4.78 is 10.2. The first-order chi connectivity index (χ1) is 12.3. The average Bonchev–Trinajstić information content (AvgIpc) is 3.00. The Balaban J connectivity index is 2.09. The Labute approximate surface area is 156 Å². The first kappa shape index (κ1) is 19.7. The zero-order valence-electron chi connectivity index (χ0n) is 15.0. The normalized spacial score (nSPS) is 11.9. The van der Waals surface area contributed by atoms with Crippen molar-refractivity contribution in [3.8, 4) is 0 Å². The first-order valence-electron chi connectivity index (χ1n) is 8.18. The number of aromatic nitrogens is 2. The van der Waals surface area contributed by atoms with Crippen molar-refractivity contribution in [2.45, 2.75) is 46.3 Å². The van der Waals surface area contributed by atoms with E-state index in [0.29, 0.717) is 28.8 Å². The molecule has 26 heavy (non-hydrogen) atoms. The summed E-state index contributed by atoms with van der Waals surface area (Å²) in [4.78, 5) is 28.4. The highest BCUT2D eigenvalue weighted by Gasteiger charge is 2.20. The summed E-state index contributed by atoms with van der Waals surface area (Å²) in [5.74, 6) is 0.313. The smallest absolute Gasteiger partial charge is 0.338 e. The first-order valence-corrected chi connectivity index (χ1v) is 8.56. The molecule has 8 nitrogen and oxygen atoms in total. The van der Waals surface area contributed by atoms with Gasteiger partial charge in [0.15, 0.2) is 5.82 Å². The lowest BCUT2D eigenvalue weighted by atomic mass is 10.2. The van der Waals surface area contributed by atoms with E-state index < -0.39 is 18.0 Å². The van der Waals surface area contributed by atoms with Crippen LogP contribution < -0.4 is 10.6 Å². The number of carbonyl (C=O) groups is 2. The van der Waals surface area contributed by atoms with Gasteiger partial charge in [0.1, 0.15) is 6.04 Å². The van der Waals surface area contributed by atoms with Crippen LogP contribution in [-0.4, -0.2) is 28.2 Å². The van der Waals surface area contributed by atoms with Crippen LogP contribution in [0.1, 0.15) is 55.3 Å². The van der Waals surface area contributed by atoms with Crippen molar-refractivity contribution in [1.29, 1.82) is 0 Å². The predicted octanol–water partition coefficient (Wildman–Crippen LogP) is 3.87. The number of nitrogens with zero attached hydrogens (tertiary/aromatic N) is 2. The van der Waals surface area contributed by atoms with Crippen molar-refractivity contribution >= 4 is 29.3 Å². The van der Waals surface area contributed by atoms with E-state index in [1.165, 1.54) is 18.2 Å². The van der Waals surface area contributed by atoms with Crippen LogP contribution in [0, 0.1) is 6.92 Å². The molecule has 0 aliphatic carbocycles. The van der Waals surface area contributed by atoms with Gasteiger partial charge in [-0.25, -0.2) is 9.59 Å². The van der Waals surface area contributed by atoms with E-state index in [1.54, 1.807) is 20.8 Å². The van der Waals surface area contributed by atoms with Crippen LogP contribution in [-0.2, 0) is 4.74 Å². The van der Waals surface area contributed by atoms with E-state index in [4.69, 9.17) is 20.9 Å². The number of halogens is 1. The third-order valence-corrected chi connectivity index (χ3v) is 3.68. The molecule has 0 fully saturated rings. The van der Waals surface area contributed by atoms with Crippen molar-refractivity contribution in [1.82, 2.24) is 15.5 Å². The maximum absolute atomic E-state index is 12.3. The molecule has 0 saturated carbocycles. The summed E-state index contributed by atoms with van der Waals surface area (Å²) in [6, 6.07) is 3.57. The van der Waals surface area contributed by atoms with Gasteiger partial charge in [-0.15, -0.1) is 0 Å². The fourth-order valence-corrected chi connectivity index (χ4v) is 2.30. The Bertz CT molecular complexity index is 791. The summed E-state index contributed by atoms with van der Waals surface area (Å²) in [5.41, 5.74) is 0.580. The highest BCUT2D eigenvalue weighted by molar-refractivity contribution is 6.33. The van der Waals surface area contributed by atoms with Gasteiger partial charge >= 0.3 is 12.0 Å². The van der Waals surface area contributed by atoms with E-state index in [1.807, 2.05) is 6.92 Å². The van der Waals surface area contributed by atoms with Gasteiger partial charge in [0.25, 0.3) is 0 Å². The lowest BCUT2D eigenvalue weighted by molar-refractivity contribution is 0.0378. The second-order valence-corrected chi connectivity index (χ2v) is 6.30. The van der Waals surface area contributed by atoms with E-state index in [9.17, 15) is 9.59 Å². The molecule has 1 atom stereocenters. The number of aryl methyl sites for hydroxylation is 1.